The third kappa shape index (κ3) is 3.98. The monoisotopic (exact) mass is 444 g/mol. The van der Waals surface area contributed by atoms with Crippen LogP contribution in [0.15, 0.2) is 70.3 Å². The van der Waals surface area contributed by atoms with E-state index in [9.17, 15) is 9.59 Å². The molecular formula is C25H28N6O2. The zero-order valence-corrected chi connectivity index (χ0v) is 19.0. The summed E-state index contributed by atoms with van der Waals surface area (Å²) < 4.78 is 4.61. The van der Waals surface area contributed by atoms with Gasteiger partial charge in [-0.25, -0.2) is 4.79 Å². The van der Waals surface area contributed by atoms with E-state index in [-0.39, 0.29) is 17.8 Å². The predicted octanol–water partition coefficient (Wildman–Crippen LogP) is 1.80. The highest BCUT2D eigenvalue weighted by Gasteiger charge is 2.24. The molecule has 0 radical (unpaired) electrons. The molecule has 1 fully saturated rings. The zero-order valence-electron chi connectivity index (χ0n) is 19.0. The normalized spacial score (nSPS) is 14.8. The lowest BCUT2D eigenvalue weighted by atomic mass is 10.2. The molecule has 8 heteroatoms. The number of anilines is 1. The number of rotatable bonds is 5. The number of fused-ring (bicyclic) bond motifs is 1. The van der Waals surface area contributed by atoms with Gasteiger partial charge in [0.15, 0.2) is 11.2 Å². The SMILES string of the molecule is Cn1c(N2CCN(Cc3ccccc3)CC2)nc2c1c(=O)n(Cc1ccccc1)c(=O)n2C. The molecule has 5 rings (SSSR count). The van der Waals surface area contributed by atoms with E-state index in [1.54, 1.807) is 7.05 Å². The summed E-state index contributed by atoms with van der Waals surface area (Å²) in [6, 6.07) is 20.0. The number of hydrogen-bond donors (Lipinski definition) is 0. The van der Waals surface area contributed by atoms with Crippen LogP contribution in [0.4, 0.5) is 5.95 Å². The molecule has 1 saturated heterocycles. The lowest BCUT2D eigenvalue weighted by Gasteiger charge is -2.35. The van der Waals surface area contributed by atoms with Crippen LogP contribution in [-0.2, 0) is 27.2 Å². The van der Waals surface area contributed by atoms with Crippen molar-refractivity contribution in [1.82, 2.24) is 23.6 Å². The molecule has 2 aromatic carbocycles. The van der Waals surface area contributed by atoms with Gasteiger partial charge in [-0.3, -0.25) is 18.8 Å². The number of nitrogens with zero attached hydrogens (tertiary/aromatic N) is 6. The minimum Gasteiger partial charge on any atom is -0.340 e. The van der Waals surface area contributed by atoms with E-state index in [0.29, 0.717) is 11.2 Å². The van der Waals surface area contributed by atoms with Gasteiger partial charge in [0.1, 0.15) is 0 Å². The van der Waals surface area contributed by atoms with Gasteiger partial charge in [0.05, 0.1) is 6.54 Å². The first kappa shape index (κ1) is 21.2. The van der Waals surface area contributed by atoms with Crippen molar-refractivity contribution in [1.29, 1.82) is 0 Å². The van der Waals surface area contributed by atoms with Crippen molar-refractivity contribution in [3.63, 3.8) is 0 Å². The summed E-state index contributed by atoms with van der Waals surface area (Å²) in [5, 5.41) is 0. The summed E-state index contributed by atoms with van der Waals surface area (Å²) >= 11 is 0. The molecule has 3 heterocycles. The number of hydrogen-bond acceptors (Lipinski definition) is 5. The van der Waals surface area contributed by atoms with Gasteiger partial charge in [-0.2, -0.15) is 4.98 Å². The van der Waals surface area contributed by atoms with Crippen LogP contribution in [0.25, 0.3) is 11.2 Å². The van der Waals surface area contributed by atoms with Crippen LogP contribution in [0.3, 0.4) is 0 Å². The number of imidazole rings is 1. The highest BCUT2D eigenvalue weighted by atomic mass is 16.2. The largest absolute Gasteiger partial charge is 0.340 e. The third-order valence-corrected chi connectivity index (χ3v) is 6.42. The van der Waals surface area contributed by atoms with Crippen molar-refractivity contribution in [3.05, 3.63) is 92.6 Å². The van der Waals surface area contributed by atoms with E-state index >= 15 is 0 Å². The van der Waals surface area contributed by atoms with E-state index in [4.69, 9.17) is 4.98 Å². The molecule has 170 valence electrons. The summed E-state index contributed by atoms with van der Waals surface area (Å²) in [6.07, 6.45) is 0. The minimum absolute atomic E-state index is 0.237. The second-order valence-electron chi connectivity index (χ2n) is 8.61. The van der Waals surface area contributed by atoms with E-state index in [1.165, 1.54) is 14.7 Å². The number of benzene rings is 2. The fraction of sp³-hybridized carbons (Fsp3) is 0.320. The Morgan fingerprint density at radius 1 is 0.758 bits per heavy atom. The molecule has 0 bridgehead atoms. The van der Waals surface area contributed by atoms with Gasteiger partial charge in [0.2, 0.25) is 5.95 Å². The topological polar surface area (TPSA) is 68.3 Å². The van der Waals surface area contributed by atoms with Crippen molar-refractivity contribution in [2.24, 2.45) is 14.1 Å². The second-order valence-corrected chi connectivity index (χ2v) is 8.61. The van der Waals surface area contributed by atoms with Crippen molar-refractivity contribution in [2.75, 3.05) is 31.1 Å². The molecule has 0 atom stereocenters. The van der Waals surface area contributed by atoms with Crippen LogP contribution in [0.1, 0.15) is 11.1 Å². The zero-order chi connectivity index (χ0) is 22.9. The average Bonchev–Trinajstić information content (AvgIpc) is 3.19. The summed E-state index contributed by atoms with van der Waals surface area (Å²) in [5.41, 5.74) is 2.44. The predicted molar refractivity (Wildman–Crippen MR) is 130 cm³/mol. The van der Waals surface area contributed by atoms with E-state index < -0.39 is 0 Å². The van der Waals surface area contributed by atoms with Crippen molar-refractivity contribution >= 4 is 17.1 Å². The van der Waals surface area contributed by atoms with Gasteiger partial charge < -0.3 is 9.47 Å². The summed E-state index contributed by atoms with van der Waals surface area (Å²) in [4.78, 5) is 35.7. The van der Waals surface area contributed by atoms with Crippen LogP contribution in [0.5, 0.6) is 0 Å². The second kappa shape index (κ2) is 8.71. The Morgan fingerprint density at radius 2 is 1.33 bits per heavy atom. The van der Waals surface area contributed by atoms with Crippen LogP contribution < -0.4 is 16.1 Å². The Kier molecular flexibility index (Phi) is 5.60. The molecule has 0 N–H and O–H groups in total. The maximum absolute atomic E-state index is 13.3. The summed E-state index contributed by atoms with van der Waals surface area (Å²) in [6.45, 7) is 4.62. The molecule has 33 heavy (non-hydrogen) atoms. The molecule has 0 spiro atoms. The van der Waals surface area contributed by atoms with Crippen molar-refractivity contribution in [3.8, 4) is 0 Å². The van der Waals surface area contributed by atoms with E-state index in [0.717, 1.165) is 44.2 Å². The smallest absolute Gasteiger partial charge is 0.332 e. The Bertz CT molecular complexity index is 1380. The molecular weight excluding hydrogens is 416 g/mol. The van der Waals surface area contributed by atoms with Crippen LogP contribution in [0, 0.1) is 0 Å². The maximum atomic E-state index is 13.3. The standard InChI is InChI=1S/C25H28N6O2/c1-27-21-22(28(2)25(33)31(23(21)32)18-20-11-7-4-8-12-20)26-24(27)30-15-13-29(14-16-30)17-19-9-5-3-6-10-19/h3-12H,13-18H2,1-2H3. The molecule has 1 aliphatic heterocycles. The lowest BCUT2D eigenvalue weighted by molar-refractivity contribution is 0.248. The third-order valence-electron chi connectivity index (χ3n) is 6.42. The molecule has 0 amide bonds. The first-order valence-corrected chi connectivity index (χ1v) is 11.2. The quantitative estimate of drug-likeness (QED) is 0.470. The Morgan fingerprint density at radius 3 is 1.94 bits per heavy atom. The maximum Gasteiger partial charge on any atom is 0.332 e. The van der Waals surface area contributed by atoms with Gasteiger partial charge in [-0.1, -0.05) is 60.7 Å². The fourth-order valence-electron chi connectivity index (χ4n) is 4.57. The van der Waals surface area contributed by atoms with Gasteiger partial charge in [0, 0.05) is 46.8 Å². The number of aryl methyl sites for hydroxylation is 2. The van der Waals surface area contributed by atoms with Crippen LogP contribution in [-0.4, -0.2) is 49.8 Å². The molecule has 0 aliphatic carbocycles. The van der Waals surface area contributed by atoms with Crippen LogP contribution >= 0.6 is 0 Å². The molecule has 0 unspecified atom stereocenters. The van der Waals surface area contributed by atoms with Gasteiger partial charge in [0.25, 0.3) is 5.56 Å². The van der Waals surface area contributed by atoms with Gasteiger partial charge in [-0.15, -0.1) is 0 Å². The lowest BCUT2D eigenvalue weighted by Crippen LogP contribution is -2.46. The van der Waals surface area contributed by atoms with Crippen molar-refractivity contribution in [2.45, 2.75) is 13.1 Å². The fourth-order valence-corrected chi connectivity index (χ4v) is 4.57. The highest BCUT2D eigenvalue weighted by molar-refractivity contribution is 5.74. The van der Waals surface area contributed by atoms with Gasteiger partial charge in [-0.05, 0) is 11.1 Å². The summed E-state index contributed by atoms with van der Waals surface area (Å²) in [5.74, 6) is 0.730. The molecule has 0 saturated carbocycles. The van der Waals surface area contributed by atoms with Crippen LogP contribution in [0.2, 0.25) is 0 Å². The molecule has 1 aliphatic rings. The summed E-state index contributed by atoms with van der Waals surface area (Å²) in [7, 11) is 3.54. The van der Waals surface area contributed by atoms with E-state index in [1.807, 2.05) is 48.0 Å². The molecule has 4 aromatic rings. The Labute approximate surface area is 191 Å². The number of piperazine rings is 1. The van der Waals surface area contributed by atoms with Crippen molar-refractivity contribution < 1.29 is 0 Å². The number of aromatic nitrogens is 4. The minimum atomic E-state index is -0.353. The first-order chi connectivity index (χ1) is 16.0. The van der Waals surface area contributed by atoms with E-state index in [2.05, 4.69) is 34.1 Å². The van der Waals surface area contributed by atoms with Gasteiger partial charge >= 0.3 is 5.69 Å². The molecule has 2 aromatic heterocycles. The average molecular weight is 445 g/mol. The first-order valence-electron chi connectivity index (χ1n) is 11.2. The highest BCUT2D eigenvalue weighted by Crippen LogP contribution is 2.20. The Balaban J connectivity index is 1.43. The Hall–Kier alpha value is -3.65. The molecule has 8 nitrogen and oxygen atoms in total.